The van der Waals surface area contributed by atoms with E-state index < -0.39 is 30.0 Å². The molecule has 1 N–H and O–H groups in total. The van der Waals surface area contributed by atoms with Crippen LogP contribution in [0.2, 0.25) is 0 Å². The molecular formula is C25H20F5N3O2. The molecule has 4 rings (SSSR count). The van der Waals surface area contributed by atoms with Crippen molar-refractivity contribution in [2.24, 2.45) is 0 Å². The molecule has 0 aliphatic heterocycles. The molecule has 182 valence electrons. The quantitative estimate of drug-likeness (QED) is 0.349. The summed E-state index contributed by atoms with van der Waals surface area (Å²) >= 11 is 0. The van der Waals surface area contributed by atoms with Crippen LogP contribution in [0.3, 0.4) is 0 Å². The van der Waals surface area contributed by atoms with Crippen LogP contribution in [0.15, 0.2) is 66.9 Å². The lowest BCUT2D eigenvalue weighted by Gasteiger charge is -2.27. The number of benzene rings is 3. The Bertz CT molecular complexity index is 1370. The minimum atomic E-state index is -5.08. The van der Waals surface area contributed by atoms with Crippen LogP contribution in [-0.2, 0) is 4.79 Å². The number of carbonyl (C=O) groups excluding carboxylic acids is 1. The van der Waals surface area contributed by atoms with Gasteiger partial charge in [0, 0.05) is 5.39 Å². The molecule has 0 saturated carbocycles. The number of rotatable bonds is 6. The van der Waals surface area contributed by atoms with Gasteiger partial charge in [0.25, 0.3) is 0 Å². The van der Waals surface area contributed by atoms with Gasteiger partial charge in [-0.2, -0.15) is 18.3 Å². The van der Waals surface area contributed by atoms with Crippen molar-refractivity contribution in [2.45, 2.75) is 32.2 Å². The van der Waals surface area contributed by atoms with Crippen LogP contribution in [-0.4, -0.2) is 27.9 Å². The minimum absolute atomic E-state index is 0.255. The maximum Gasteiger partial charge on any atom is 0.471 e. The first kappa shape index (κ1) is 24.2. The van der Waals surface area contributed by atoms with Gasteiger partial charge in [-0.25, -0.2) is 13.5 Å². The molecule has 2 atom stereocenters. The van der Waals surface area contributed by atoms with Gasteiger partial charge in [0.15, 0.2) is 0 Å². The first-order chi connectivity index (χ1) is 16.5. The molecule has 0 spiro atoms. The third-order valence-corrected chi connectivity index (χ3v) is 5.47. The van der Waals surface area contributed by atoms with Crippen LogP contribution in [0.25, 0.3) is 16.6 Å². The van der Waals surface area contributed by atoms with E-state index >= 15 is 0 Å². The predicted octanol–water partition coefficient (Wildman–Crippen LogP) is 5.80. The number of nitrogens with one attached hydrogen (secondary N) is 1. The fourth-order valence-corrected chi connectivity index (χ4v) is 3.63. The molecule has 0 saturated heterocycles. The van der Waals surface area contributed by atoms with E-state index in [1.807, 2.05) is 5.32 Å². The van der Waals surface area contributed by atoms with Gasteiger partial charge in [-0.1, -0.05) is 12.1 Å². The fraction of sp³-hybridized carbons (Fsp3) is 0.200. The molecule has 0 aliphatic carbocycles. The summed E-state index contributed by atoms with van der Waals surface area (Å²) in [5, 5.41) is 6.83. The number of alkyl halides is 3. The van der Waals surface area contributed by atoms with Crippen molar-refractivity contribution in [2.75, 3.05) is 0 Å². The molecule has 1 amide bonds. The number of halogens is 5. The van der Waals surface area contributed by atoms with Gasteiger partial charge in [-0.15, -0.1) is 0 Å². The average molecular weight is 489 g/mol. The molecule has 3 aromatic carbocycles. The van der Waals surface area contributed by atoms with Crippen molar-refractivity contribution in [3.05, 3.63) is 89.6 Å². The van der Waals surface area contributed by atoms with Gasteiger partial charge >= 0.3 is 12.1 Å². The number of hydrogen-bond acceptors (Lipinski definition) is 3. The van der Waals surface area contributed by atoms with Crippen molar-refractivity contribution in [3.63, 3.8) is 0 Å². The monoisotopic (exact) mass is 489 g/mol. The van der Waals surface area contributed by atoms with Crippen LogP contribution >= 0.6 is 0 Å². The Morgan fingerprint density at radius 1 is 1.03 bits per heavy atom. The molecule has 0 aliphatic rings. The first-order valence-corrected chi connectivity index (χ1v) is 10.6. The van der Waals surface area contributed by atoms with Gasteiger partial charge in [0.2, 0.25) is 0 Å². The van der Waals surface area contributed by atoms with Crippen LogP contribution in [0.1, 0.15) is 24.2 Å². The molecule has 0 bridgehead atoms. The van der Waals surface area contributed by atoms with Crippen LogP contribution < -0.4 is 10.1 Å². The summed E-state index contributed by atoms with van der Waals surface area (Å²) in [6, 6.07) is 13.7. The van der Waals surface area contributed by atoms with Crippen LogP contribution in [0.4, 0.5) is 22.0 Å². The number of hydrogen-bond donors (Lipinski definition) is 1. The summed E-state index contributed by atoms with van der Waals surface area (Å²) in [6.07, 6.45) is -4.65. The van der Waals surface area contributed by atoms with Gasteiger partial charge in [-0.3, -0.25) is 4.79 Å². The van der Waals surface area contributed by atoms with E-state index in [0.29, 0.717) is 22.2 Å². The highest BCUT2D eigenvalue weighted by molar-refractivity contribution is 5.82. The van der Waals surface area contributed by atoms with E-state index in [1.165, 1.54) is 37.3 Å². The van der Waals surface area contributed by atoms with Crippen molar-refractivity contribution in [3.8, 4) is 11.4 Å². The number of fused-ring (bicyclic) bond motifs is 1. The molecule has 0 radical (unpaired) electrons. The smallest absolute Gasteiger partial charge is 0.471 e. The van der Waals surface area contributed by atoms with Crippen LogP contribution in [0, 0.1) is 18.6 Å². The summed E-state index contributed by atoms with van der Waals surface area (Å²) in [6.45, 7) is 2.90. The highest BCUT2D eigenvalue weighted by atomic mass is 19.4. The SMILES string of the molecule is Cc1ccc([C@@H](Oc2ccc3c(cnn3-c3ccc(F)cc3)c2)[C@H](C)NC(=O)C(F)(F)F)cc1F. The normalized spacial score (nSPS) is 13.5. The fourth-order valence-electron chi connectivity index (χ4n) is 3.63. The number of amides is 1. The Balaban J connectivity index is 1.66. The van der Waals surface area contributed by atoms with Gasteiger partial charge in [-0.05, 0) is 73.5 Å². The van der Waals surface area contributed by atoms with Gasteiger partial charge in [0.1, 0.15) is 23.5 Å². The molecular weight excluding hydrogens is 469 g/mol. The molecule has 10 heteroatoms. The summed E-state index contributed by atoms with van der Waals surface area (Å²) in [7, 11) is 0. The molecule has 0 unspecified atom stereocenters. The highest BCUT2D eigenvalue weighted by Crippen LogP contribution is 2.30. The van der Waals surface area contributed by atoms with E-state index in [0.717, 1.165) is 0 Å². The third-order valence-electron chi connectivity index (χ3n) is 5.47. The Kier molecular flexibility index (Phi) is 6.47. The second kappa shape index (κ2) is 9.36. The number of aromatic nitrogens is 2. The summed E-state index contributed by atoms with van der Waals surface area (Å²) in [5.41, 5.74) is 1.92. The third kappa shape index (κ3) is 5.26. The number of carbonyl (C=O) groups is 1. The Morgan fingerprint density at radius 3 is 2.40 bits per heavy atom. The van der Waals surface area contributed by atoms with E-state index in [1.54, 1.807) is 48.1 Å². The van der Waals surface area contributed by atoms with E-state index in [9.17, 15) is 26.7 Å². The molecule has 0 fully saturated rings. The molecule has 35 heavy (non-hydrogen) atoms. The standard InChI is InChI=1S/C25H20F5N3O2/c1-14-3-4-16(12-21(14)27)23(15(2)32-24(34)25(28,29)30)35-20-9-10-22-17(11-20)13-31-33(22)19-7-5-18(26)6-8-19/h3-13,15,23H,1-2H3,(H,32,34)/t15-,23-/m0/s1. The Hall–Kier alpha value is -3.95. The van der Waals surface area contributed by atoms with Crippen molar-refractivity contribution in [1.82, 2.24) is 15.1 Å². The van der Waals surface area contributed by atoms with Crippen molar-refractivity contribution >= 4 is 16.8 Å². The largest absolute Gasteiger partial charge is 0.484 e. The van der Waals surface area contributed by atoms with Gasteiger partial charge < -0.3 is 10.1 Å². The zero-order valence-electron chi connectivity index (χ0n) is 18.6. The zero-order chi connectivity index (χ0) is 25.3. The zero-order valence-corrected chi connectivity index (χ0v) is 18.6. The lowest BCUT2D eigenvalue weighted by Crippen LogP contribution is -2.45. The second-order valence-corrected chi connectivity index (χ2v) is 8.06. The van der Waals surface area contributed by atoms with E-state index in [4.69, 9.17) is 4.74 Å². The molecule has 4 aromatic rings. The van der Waals surface area contributed by atoms with E-state index in [-0.39, 0.29) is 17.1 Å². The maximum absolute atomic E-state index is 14.2. The van der Waals surface area contributed by atoms with Crippen molar-refractivity contribution in [1.29, 1.82) is 0 Å². The Morgan fingerprint density at radius 2 is 1.74 bits per heavy atom. The molecule has 1 heterocycles. The highest BCUT2D eigenvalue weighted by Gasteiger charge is 2.40. The second-order valence-electron chi connectivity index (χ2n) is 8.06. The number of nitrogens with zero attached hydrogens (tertiary/aromatic N) is 2. The lowest BCUT2D eigenvalue weighted by molar-refractivity contribution is -0.174. The summed E-state index contributed by atoms with van der Waals surface area (Å²) < 4.78 is 73.5. The first-order valence-electron chi connectivity index (χ1n) is 10.6. The van der Waals surface area contributed by atoms with Crippen molar-refractivity contribution < 1.29 is 31.5 Å². The molecule has 1 aromatic heterocycles. The molecule has 5 nitrogen and oxygen atoms in total. The Labute approximate surface area is 197 Å². The van der Waals surface area contributed by atoms with E-state index in [2.05, 4.69) is 5.10 Å². The summed E-state index contributed by atoms with van der Waals surface area (Å²) in [5.74, 6) is -2.79. The number of ether oxygens (including phenoxy) is 1. The van der Waals surface area contributed by atoms with Crippen LogP contribution in [0.5, 0.6) is 5.75 Å². The average Bonchev–Trinajstić information content (AvgIpc) is 3.22. The summed E-state index contributed by atoms with van der Waals surface area (Å²) in [4.78, 5) is 11.5. The predicted molar refractivity (Wildman–Crippen MR) is 119 cm³/mol. The number of aryl methyl sites for hydroxylation is 1. The topological polar surface area (TPSA) is 56.1 Å². The minimum Gasteiger partial charge on any atom is -0.484 e. The lowest BCUT2D eigenvalue weighted by atomic mass is 10.0. The maximum atomic E-state index is 14.2. The van der Waals surface area contributed by atoms with Gasteiger partial charge in [0.05, 0.1) is 23.4 Å².